The fourth-order valence-corrected chi connectivity index (χ4v) is 1.96. The van der Waals surface area contributed by atoms with E-state index in [2.05, 4.69) is 31.9 Å². The fourth-order valence-electron chi connectivity index (χ4n) is 1.96. The van der Waals surface area contributed by atoms with E-state index in [9.17, 15) is 0 Å². The lowest BCUT2D eigenvalue weighted by molar-refractivity contribution is 0.792. The molecule has 0 amide bonds. The molecule has 0 saturated heterocycles. The van der Waals surface area contributed by atoms with Crippen LogP contribution in [0.3, 0.4) is 0 Å². The summed E-state index contributed by atoms with van der Waals surface area (Å²) < 4.78 is 2.07. The van der Waals surface area contributed by atoms with Crippen LogP contribution >= 0.6 is 0 Å². The predicted octanol–water partition coefficient (Wildman–Crippen LogP) is 1.42. The number of imidazole rings is 1. The second kappa shape index (κ2) is 3.58. The number of anilines is 1. The van der Waals surface area contributed by atoms with Crippen molar-refractivity contribution in [2.75, 3.05) is 5.73 Å². The lowest BCUT2D eigenvalue weighted by Gasteiger charge is -2.03. The SMILES string of the molecule is CCn1c(-c2cn[nH]n2)nc2ccc(N)cc21. The number of nitrogens with two attached hydrogens (primary N) is 1. The summed E-state index contributed by atoms with van der Waals surface area (Å²) in [6.45, 7) is 2.87. The molecule has 0 atom stereocenters. The molecule has 3 aromatic rings. The van der Waals surface area contributed by atoms with Crippen molar-refractivity contribution in [3.8, 4) is 11.5 Å². The van der Waals surface area contributed by atoms with Crippen molar-refractivity contribution in [1.82, 2.24) is 25.0 Å². The minimum atomic E-state index is 0.735. The van der Waals surface area contributed by atoms with Gasteiger partial charge < -0.3 is 10.3 Å². The number of nitrogens with zero attached hydrogens (tertiary/aromatic N) is 4. The highest BCUT2D eigenvalue weighted by atomic mass is 15.3. The number of rotatable bonds is 2. The van der Waals surface area contributed by atoms with Crippen LogP contribution in [0.4, 0.5) is 5.69 Å². The third-order valence-corrected chi connectivity index (χ3v) is 2.73. The van der Waals surface area contributed by atoms with Gasteiger partial charge in [-0.2, -0.15) is 15.4 Å². The average Bonchev–Trinajstić information content (AvgIpc) is 2.94. The number of H-pyrrole nitrogens is 1. The van der Waals surface area contributed by atoms with Crippen LogP contribution in [0, 0.1) is 0 Å². The third kappa shape index (κ3) is 1.45. The van der Waals surface area contributed by atoms with Gasteiger partial charge in [0.05, 0.1) is 17.2 Å². The molecule has 0 bridgehead atoms. The summed E-state index contributed by atoms with van der Waals surface area (Å²) in [6.07, 6.45) is 1.66. The van der Waals surface area contributed by atoms with Gasteiger partial charge in [-0.15, -0.1) is 0 Å². The first-order valence-electron chi connectivity index (χ1n) is 5.41. The Kier molecular flexibility index (Phi) is 2.07. The van der Waals surface area contributed by atoms with Gasteiger partial charge in [0.25, 0.3) is 0 Å². The molecule has 0 aliphatic heterocycles. The third-order valence-electron chi connectivity index (χ3n) is 2.73. The molecular formula is C11H12N6. The summed E-state index contributed by atoms with van der Waals surface area (Å²) in [5, 5.41) is 10.5. The first kappa shape index (κ1) is 9.83. The monoisotopic (exact) mass is 228 g/mol. The van der Waals surface area contributed by atoms with E-state index in [-0.39, 0.29) is 0 Å². The summed E-state index contributed by atoms with van der Waals surface area (Å²) in [4.78, 5) is 4.55. The first-order chi connectivity index (χ1) is 8.29. The minimum absolute atomic E-state index is 0.735. The van der Waals surface area contributed by atoms with Crippen molar-refractivity contribution >= 4 is 16.7 Å². The van der Waals surface area contributed by atoms with E-state index in [1.807, 2.05) is 18.2 Å². The lowest BCUT2D eigenvalue weighted by atomic mass is 10.3. The number of nitrogens with one attached hydrogen (secondary N) is 1. The van der Waals surface area contributed by atoms with Crippen LogP contribution in [-0.4, -0.2) is 25.0 Å². The molecule has 17 heavy (non-hydrogen) atoms. The maximum atomic E-state index is 5.80. The highest BCUT2D eigenvalue weighted by molar-refractivity contribution is 5.82. The largest absolute Gasteiger partial charge is 0.399 e. The minimum Gasteiger partial charge on any atom is -0.399 e. The molecule has 86 valence electrons. The van der Waals surface area contributed by atoms with Gasteiger partial charge in [-0.05, 0) is 25.1 Å². The van der Waals surface area contributed by atoms with Crippen molar-refractivity contribution in [1.29, 1.82) is 0 Å². The Morgan fingerprint density at radius 1 is 1.41 bits per heavy atom. The molecule has 0 saturated carbocycles. The van der Waals surface area contributed by atoms with Gasteiger partial charge in [0, 0.05) is 12.2 Å². The zero-order valence-corrected chi connectivity index (χ0v) is 9.38. The van der Waals surface area contributed by atoms with Crippen LogP contribution < -0.4 is 5.73 Å². The molecule has 0 aliphatic carbocycles. The second-order valence-corrected chi connectivity index (χ2v) is 3.78. The maximum Gasteiger partial charge on any atom is 0.163 e. The van der Waals surface area contributed by atoms with Crippen LogP contribution in [0.2, 0.25) is 0 Å². The van der Waals surface area contributed by atoms with Gasteiger partial charge >= 0.3 is 0 Å². The Hall–Kier alpha value is -2.37. The van der Waals surface area contributed by atoms with E-state index in [0.29, 0.717) is 0 Å². The van der Waals surface area contributed by atoms with E-state index in [0.717, 1.165) is 34.8 Å². The normalized spacial score (nSPS) is 11.1. The standard InChI is InChI=1S/C11H12N6/c1-2-17-10-5-7(12)3-4-8(10)14-11(17)9-6-13-16-15-9/h3-6H,2,12H2,1H3,(H,13,15,16). The fraction of sp³-hybridized carbons (Fsp3) is 0.182. The summed E-state index contributed by atoms with van der Waals surface area (Å²) in [7, 11) is 0. The topological polar surface area (TPSA) is 85.4 Å². The Morgan fingerprint density at radius 3 is 3.00 bits per heavy atom. The molecule has 3 N–H and O–H groups in total. The van der Waals surface area contributed by atoms with Crippen LogP contribution in [0.1, 0.15) is 6.92 Å². The number of aromatic nitrogens is 5. The van der Waals surface area contributed by atoms with Gasteiger partial charge in [-0.1, -0.05) is 0 Å². The van der Waals surface area contributed by atoms with Gasteiger partial charge in [0.1, 0.15) is 5.69 Å². The number of benzene rings is 1. The van der Waals surface area contributed by atoms with E-state index >= 15 is 0 Å². The Morgan fingerprint density at radius 2 is 2.29 bits per heavy atom. The summed E-state index contributed by atoms with van der Waals surface area (Å²) >= 11 is 0. The van der Waals surface area contributed by atoms with Crippen molar-refractivity contribution < 1.29 is 0 Å². The Balaban J connectivity index is 2.32. The Labute approximate surface area is 97.5 Å². The molecule has 0 unspecified atom stereocenters. The number of hydrogen-bond donors (Lipinski definition) is 2. The summed E-state index contributed by atoms with van der Waals surface area (Å²) in [5.41, 5.74) is 9.21. The van der Waals surface area contributed by atoms with E-state index in [1.54, 1.807) is 6.20 Å². The van der Waals surface area contributed by atoms with Crippen molar-refractivity contribution in [3.05, 3.63) is 24.4 Å². The van der Waals surface area contributed by atoms with E-state index in [1.165, 1.54) is 0 Å². The highest BCUT2D eigenvalue weighted by Crippen LogP contribution is 2.24. The maximum absolute atomic E-state index is 5.80. The first-order valence-corrected chi connectivity index (χ1v) is 5.41. The number of hydrogen-bond acceptors (Lipinski definition) is 4. The molecule has 2 aromatic heterocycles. The van der Waals surface area contributed by atoms with Crippen molar-refractivity contribution in [2.24, 2.45) is 0 Å². The number of nitrogen functional groups attached to an aromatic ring is 1. The molecule has 0 fully saturated rings. The predicted molar refractivity (Wildman–Crippen MR) is 65.2 cm³/mol. The number of aryl methyl sites for hydroxylation is 1. The highest BCUT2D eigenvalue weighted by Gasteiger charge is 2.13. The van der Waals surface area contributed by atoms with Crippen LogP contribution in [-0.2, 0) is 6.54 Å². The quantitative estimate of drug-likeness (QED) is 0.649. The van der Waals surface area contributed by atoms with Gasteiger partial charge in [0.15, 0.2) is 5.82 Å². The van der Waals surface area contributed by atoms with Crippen LogP contribution in [0.25, 0.3) is 22.6 Å². The number of aromatic amines is 1. The number of fused-ring (bicyclic) bond motifs is 1. The van der Waals surface area contributed by atoms with Gasteiger partial charge in [0.2, 0.25) is 0 Å². The zero-order valence-electron chi connectivity index (χ0n) is 9.38. The van der Waals surface area contributed by atoms with Gasteiger partial charge in [-0.3, -0.25) is 0 Å². The van der Waals surface area contributed by atoms with Gasteiger partial charge in [-0.25, -0.2) is 4.98 Å². The second-order valence-electron chi connectivity index (χ2n) is 3.78. The average molecular weight is 228 g/mol. The molecule has 3 rings (SSSR count). The molecule has 6 nitrogen and oxygen atoms in total. The van der Waals surface area contributed by atoms with Crippen LogP contribution in [0.15, 0.2) is 24.4 Å². The molecule has 0 radical (unpaired) electrons. The van der Waals surface area contributed by atoms with Crippen LogP contribution in [0.5, 0.6) is 0 Å². The van der Waals surface area contributed by atoms with Crippen molar-refractivity contribution in [2.45, 2.75) is 13.5 Å². The molecular weight excluding hydrogens is 216 g/mol. The van der Waals surface area contributed by atoms with E-state index < -0.39 is 0 Å². The lowest BCUT2D eigenvalue weighted by Crippen LogP contribution is -1.98. The Bertz CT molecular complexity index is 652. The zero-order chi connectivity index (χ0) is 11.8. The molecule has 0 aliphatic rings. The molecule has 1 aromatic carbocycles. The molecule has 0 spiro atoms. The molecule has 2 heterocycles. The van der Waals surface area contributed by atoms with Crippen molar-refractivity contribution in [3.63, 3.8) is 0 Å². The smallest absolute Gasteiger partial charge is 0.163 e. The van der Waals surface area contributed by atoms with E-state index in [4.69, 9.17) is 5.73 Å². The molecule has 6 heteroatoms. The summed E-state index contributed by atoms with van der Waals surface area (Å²) in [6, 6.07) is 5.69. The summed E-state index contributed by atoms with van der Waals surface area (Å²) in [5.74, 6) is 0.807.